The van der Waals surface area contributed by atoms with E-state index in [9.17, 15) is 19.7 Å². The Bertz CT molecular complexity index is 1330. The van der Waals surface area contributed by atoms with Gasteiger partial charge in [0.1, 0.15) is 5.02 Å². The zero-order chi connectivity index (χ0) is 22.4. The summed E-state index contributed by atoms with van der Waals surface area (Å²) in [4.78, 5) is 38.9. The van der Waals surface area contributed by atoms with E-state index in [2.05, 4.69) is 0 Å². The summed E-state index contributed by atoms with van der Waals surface area (Å²) >= 11 is 5.97. The summed E-state index contributed by atoms with van der Waals surface area (Å²) in [5.74, 6) is -0.493. The second kappa shape index (κ2) is 7.88. The SMILES string of the molecule is O=C1CCCC2=C1C(c1cccc3ccccc13)CC(=O)N2c1ccc(Cl)c([N+](=O)[O-])c1. The Morgan fingerprint density at radius 1 is 1.00 bits per heavy atom. The average molecular weight is 447 g/mol. The highest BCUT2D eigenvalue weighted by atomic mass is 35.5. The van der Waals surface area contributed by atoms with Crippen LogP contribution in [0.2, 0.25) is 5.02 Å². The van der Waals surface area contributed by atoms with Gasteiger partial charge in [0, 0.05) is 36.1 Å². The predicted octanol–water partition coefficient (Wildman–Crippen LogP) is 5.93. The molecule has 3 aromatic carbocycles. The van der Waals surface area contributed by atoms with Crippen LogP contribution in [0, 0.1) is 10.1 Å². The summed E-state index contributed by atoms with van der Waals surface area (Å²) in [6, 6.07) is 18.2. The zero-order valence-electron chi connectivity index (χ0n) is 17.1. The molecule has 160 valence electrons. The summed E-state index contributed by atoms with van der Waals surface area (Å²) in [7, 11) is 0. The molecule has 1 unspecified atom stereocenters. The first-order valence-corrected chi connectivity index (χ1v) is 10.8. The van der Waals surface area contributed by atoms with Gasteiger partial charge in [-0.3, -0.25) is 24.6 Å². The molecular weight excluding hydrogens is 428 g/mol. The average Bonchev–Trinajstić information content (AvgIpc) is 2.79. The van der Waals surface area contributed by atoms with Crippen molar-refractivity contribution in [1.82, 2.24) is 0 Å². The molecule has 0 fully saturated rings. The minimum atomic E-state index is -0.569. The molecule has 1 aliphatic carbocycles. The maximum atomic E-state index is 13.4. The highest BCUT2D eigenvalue weighted by molar-refractivity contribution is 6.32. The number of amides is 1. The van der Waals surface area contributed by atoms with E-state index < -0.39 is 4.92 Å². The Kier molecular flexibility index (Phi) is 5.02. The monoisotopic (exact) mass is 446 g/mol. The number of anilines is 1. The molecule has 6 nitrogen and oxygen atoms in total. The molecule has 2 aliphatic rings. The number of hydrogen-bond acceptors (Lipinski definition) is 4. The van der Waals surface area contributed by atoms with Crippen LogP contribution in [0.5, 0.6) is 0 Å². The fourth-order valence-corrected chi connectivity index (χ4v) is 5.08. The molecule has 0 aromatic heterocycles. The lowest BCUT2D eigenvalue weighted by molar-refractivity contribution is -0.384. The van der Waals surface area contributed by atoms with E-state index in [1.54, 1.807) is 6.07 Å². The lowest BCUT2D eigenvalue weighted by atomic mass is 9.76. The van der Waals surface area contributed by atoms with Crippen LogP contribution in [0.3, 0.4) is 0 Å². The molecule has 0 bridgehead atoms. The van der Waals surface area contributed by atoms with Crippen LogP contribution < -0.4 is 4.90 Å². The molecule has 1 heterocycles. The Morgan fingerprint density at radius 3 is 2.59 bits per heavy atom. The normalized spacial score (nSPS) is 18.8. The van der Waals surface area contributed by atoms with Crippen molar-refractivity contribution in [2.45, 2.75) is 31.6 Å². The molecule has 0 saturated heterocycles. The van der Waals surface area contributed by atoms with Gasteiger partial charge in [0.25, 0.3) is 5.69 Å². The molecule has 32 heavy (non-hydrogen) atoms. The number of benzene rings is 3. The van der Waals surface area contributed by atoms with Crippen molar-refractivity contribution in [3.05, 3.63) is 92.6 Å². The smallest absolute Gasteiger partial charge is 0.289 e. The van der Waals surface area contributed by atoms with Gasteiger partial charge < -0.3 is 0 Å². The first-order valence-electron chi connectivity index (χ1n) is 10.5. The summed E-state index contributed by atoms with van der Waals surface area (Å²) in [6.07, 6.45) is 1.75. The van der Waals surface area contributed by atoms with E-state index >= 15 is 0 Å². The van der Waals surface area contributed by atoms with Crippen molar-refractivity contribution < 1.29 is 14.5 Å². The van der Waals surface area contributed by atoms with Crippen LogP contribution >= 0.6 is 11.6 Å². The number of hydrogen-bond donors (Lipinski definition) is 0. The first-order chi connectivity index (χ1) is 15.5. The van der Waals surface area contributed by atoms with Gasteiger partial charge in [0.2, 0.25) is 5.91 Å². The van der Waals surface area contributed by atoms with Gasteiger partial charge in [0.15, 0.2) is 5.78 Å². The lowest BCUT2D eigenvalue weighted by Crippen LogP contribution is -2.40. The number of nitrogens with zero attached hydrogens (tertiary/aromatic N) is 2. The third-order valence-corrected chi connectivity index (χ3v) is 6.58. The van der Waals surface area contributed by atoms with Crippen LogP contribution in [0.1, 0.15) is 37.2 Å². The number of fused-ring (bicyclic) bond motifs is 1. The molecular formula is C25H19ClN2O4. The van der Waals surface area contributed by atoms with E-state index in [1.807, 2.05) is 42.5 Å². The maximum absolute atomic E-state index is 13.4. The van der Waals surface area contributed by atoms with Gasteiger partial charge in [-0.2, -0.15) is 0 Å². The third-order valence-electron chi connectivity index (χ3n) is 6.26. The number of nitro groups is 1. The molecule has 0 N–H and O–H groups in total. The Hall–Kier alpha value is -3.51. The summed E-state index contributed by atoms with van der Waals surface area (Å²) in [6.45, 7) is 0. The molecule has 0 radical (unpaired) electrons. The van der Waals surface area contributed by atoms with E-state index in [-0.39, 0.29) is 34.7 Å². The molecule has 1 amide bonds. The third kappa shape index (κ3) is 3.28. The van der Waals surface area contributed by atoms with Crippen LogP contribution in [0.25, 0.3) is 10.8 Å². The minimum Gasteiger partial charge on any atom is -0.294 e. The minimum absolute atomic E-state index is 0.00534. The fraction of sp³-hybridized carbons (Fsp3) is 0.200. The van der Waals surface area contributed by atoms with Crippen LogP contribution in [0.4, 0.5) is 11.4 Å². The topological polar surface area (TPSA) is 80.5 Å². The van der Waals surface area contributed by atoms with Gasteiger partial charge in [-0.25, -0.2) is 0 Å². The van der Waals surface area contributed by atoms with Crippen LogP contribution in [-0.2, 0) is 9.59 Å². The molecule has 0 saturated carbocycles. The van der Waals surface area contributed by atoms with Gasteiger partial charge in [-0.1, -0.05) is 54.1 Å². The molecule has 5 rings (SSSR count). The van der Waals surface area contributed by atoms with E-state index in [0.29, 0.717) is 36.2 Å². The largest absolute Gasteiger partial charge is 0.294 e. The summed E-state index contributed by atoms with van der Waals surface area (Å²) < 4.78 is 0. The quantitative estimate of drug-likeness (QED) is 0.369. The van der Waals surface area contributed by atoms with Gasteiger partial charge in [-0.05, 0) is 41.3 Å². The number of Topliss-reactive ketones (excluding diaryl/α,β-unsaturated/α-hetero) is 1. The van der Waals surface area contributed by atoms with Crippen molar-refractivity contribution in [3.8, 4) is 0 Å². The van der Waals surface area contributed by atoms with Gasteiger partial charge >= 0.3 is 0 Å². The zero-order valence-corrected chi connectivity index (χ0v) is 17.8. The number of allylic oxidation sites excluding steroid dienone is 2. The first kappa shape index (κ1) is 20.4. The molecule has 1 aliphatic heterocycles. The highest BCUT2D eigenvalue weighted by Crippen LogP contribution is 2.45. The number of ketones is 1. The van der Waals surface area contributed by atoms with Crippen molar-refractivity contribution in [3.63, 3.8) is 0 Å². The molecule has 3 aromatic rings. The Labute approximate surface area is 189 Å². The lowest BCUT2D eigenvalue weighted by Gasteiger charge is -2.38. The van der Waals surface area contributed by atoms with Crippen LogP contribution in [-0.4, -0.2) is 16.6 Å². The second-order valence-corrected chi connectivity index (χ2v) is 8.49. The van der Waals surface area contributed by atoms with Crippen molar-refractivity contribution in [1.29, 1.82) is 0 Å². The standard InChI is InChI=1S/C25H19ClN2O4/c26-20-12-11-16(13-22(20)28(31)32)27-21-9-4-10-23(29)25(21)19(14-24(27)30)18-8-3-6-15-5-1-2-7-17(15)18/h1-3,5-8,11-13,19H,4,9-10,14H2. The van der Waals surface area contributed by atoms with E-state index in [4.69, 9.17) is 11.6 Å². The molecule has 1 atom stereocenters. The van der Waals surface area contributed by atoms with Crippen LogP contribution in [0.15, 0.2) is 71.9 Å². The molecule has 0 spiro atoms. The summed E-state index contributed by atoms with van der Waals surface area (Å²) in [5, 5.41) is 13.5. The fourth-order valence-electron chi connectivity index (χ4n) is 4.89. The van der Waals surface area contributed by atoms with E-state index in [0.717, 1.165) is 16.3 Å². The summed E-state index contributed by atoms with van der Waals surface area (Å²) in [5.41, 5.74) is 2.35. The highest BCUT2D eigenvalue weighted by Gasteiger charge is 2.40. The Morgan fingerprint density at radius 2 is 1.78 bits per heavy atom. The van der Waals surface area contributed by atoms with Crippen molar-refractivity contribution in [2.75, 3.05) is 4.90 Å². The van der Waals surface area contributed by atoms with Gasteiger partial charge in [-0.15, -0.1) is 0 Å². The number of halogens is 1. The maximum Gasteiger partial charge on any atom is 0.289 e. The second-order valence-electron chi connectivity index (χ2n) is 8.08. The Balaban J connectivity index is 1.70. The van der Waals surface area contributed by atoms with E-state index in [1.165, 1.54) is 17.0 Å². The number of carbonyl (C=O) groups excluding carboxylic acids is 2. The number of carbonyl (C=O) groups is 2. The number of nitro benzene ring substituents is 1. The number of rotatable bonds is 3. The van der Waals surface area contributed by atoms with Gasteiger partial charge in [0.05, 0.1) is 10.6 Å². The van der Waals surface area contributed by atoms with Crippen molar-refractivity contribution in [2.24, 2.45) is 0 Å². The predicted molar refractivity (Wildman–Crippen MR) is 123 cm³/mol. The van der Waals surface area contributed by atoms with Crippen molar-refractivity contribution >= 4 is 45.4 Å². The molecule has 7 heteroatoms.